The average Bonchev–Trinajstić information content (AvgIpc) is 3.12. The van der Waals surface area contributed by atoms with E-state index in [2.05, 4.69) is 0 Å². The number of hydrogen-bond acceptors (Lipinski definition) is 5. The van der Waals surface area contributed by atoms with Crippen LogP contribution in [-0.2, 0) is 15.3 Å². The number of carbonyl (C=O) groups is 1. The molecule has 0 spiro atoms. The highest BCUT2D eigenvalue weighted by molar-refractivity contribution is 7.90. The third kappa shape index (κ3) is 3.81. The summed E-state index contributed by atoms with van der Waals surface area (Å²) in [6, 6.07) is 9.01. The number of hydrogen-bond donors (Lipinski definition) is 0. The van der Waals surface area contributed by atoms with Crippen molar-refractivity contribution in [2.24, 2.45) is 5.92 Å². The summed E-state index contributed by atoms with van der Waals surface area (Å²) >= 11 is 0. The SMILES string of the molecule is C[C@H](Oc1ccc(S(C)(=O)=O)cc1C(=O)N1CC2CC2(c2cn3ccccc3n2)C1)C(F)(F)F. The van der Waals surface area contributed by atoms with E-state index in [9.17, 15) is 26.4 Å². The summed E-state index contributed by atoms with van der Waals surface area (Å²) in [5.74, 6) is -0.687. The zero-order valence-corrected chi connectivity index (χ0v) is 19.2. The van der Waals surface area contributed by atoms with Gasteiger partial charge < -0.3 is 14.0 Å². The molecule has 2 unspecified atom stereocenters. The molecule has 1 aliphatic heterocycles. The Balaban J connectivity index is 1.46. The first-order chi connectivity index (χ1) is 15.9. The Kier molecular flexibility index (Phi) is 4.98. The summed E-state index contributed by atoms with van der Waals surface area (Å²) in [5.41, 5.74) is 1.15. The second-order valence-electron chi connectivity index (χ2n) is 9.07. The molecule has 7 nitrogen and oxygen atoms in total. The molecule has 5 rings (SSSR count). The third-order valence-corrected chi connectivity index (χ3v) is 7.79. The monoisotopic (exact) mass is 493 g/mol. The quantitative estimate of drug-likeness (QED) is 0.544. The first kappa shape index (κ1) is 22.7. The Bertz CT molecular complexity index is 1370. The number of ether oxygens (including phenoxy) is 1. The van der Waals surface area contributed by atoms with Crippen molar-refractivity contribution in [1.29, 1.82) is 0 Å². The van der Waals surface area contributed by atoms with Gasteiger partial charge in [0.15, 0.2) is 15.9 Å². The van der Waals surface area contributed by atoms with E-state index < -0.39 is 28.0 Å². The minimum absolute atomic E-state index is 0.165. The highest BCUT2D eigenvalue weighted by Crippen LogP contribution is 2.59. The van der Waals surface area contributed by atoms with E-state index in [1.165, 1.54) is 0 Å². The predicted octanol–water partition coefficient (Wildman–Crippen LogP) is 3.48. The van der Waals surface area contributed by atoms with Crippen molar-refractivity contribution in [2.45, 2.75) is 35.9 Å². The van der Waals surface area contributed by atoms with Crippen LogP contribution in [0, 0.1) is 5.92 Å². The first-order valence-corrected chi connectivity index (χ1v) is 12.6. The van der Waals surface area contributed by atoms with E-state index >= 15 is 0 Å². The normalized spacial score (nSPS) is 23.1. The number of piperidine rings is 1. The molecule has 11 heteroatoms. The van der Waals surface area contributed by atoms with Gasteiger partial charge in [0.25, 0.3) is 5.91 Å². The number of sulfone groups is 1. The molecule has 2 fully saturated rings. The van der Waals surface area contributed by atoms with Crippen LogP contribution in [0.3, 0.4) is 0 Å². The third-order valence-electron chi connectivity index (χ3n) is 6.68. The maximum absolute atomic E-state index is 13.4. The van der Waals surface area contributed by atoms with Crippen LogP contribution >= 0.6 is 0 Å². The van der Waals surface area contributed by atoms with E-state index in [0.29, 0.717) is 13.1 Å². The molecule has 3 heterocycles. The topological polar surface area (TPSA) is 81.0 Å². The molecule has 0 radical (unpaired) electrons. The first-order valence-electron chi connectivity index (χ1n) is 10.7. The zero-order valence-electron chi connectivity index (χ0n) is 18.4. The second kappa shape index (κ2) is 7.46. The molecule has 34 heavy (non-hydrogen) atoms. The van der Waals surface area contributed by atoms with Gasteiger partial charge in [-0.05, 0) is 49.6 Å². The van der Waals surface area contributed by atoms with Crippen LogP contribution in [0.2, 0.25) is 0 Å². The number of alkyl halides is 3. The number of pyridine rings is 1. The number of nitrogens with zero attached hydrogens (tertiary/aromatic N) is 3. The molecule has 1 saturated heterocycles. The summed E-state index contributed by atoms with van der Waals surface area (Å²) in [6.07, 6.45) is -1.15. The smallest absolute Gasteiger partial charge is 0.425 e. The molecule has 0 N–H and O–H groups in total. The lowest BCUT2D eigenvalue weighted by Gasteiger charge is -2.24. The minimum atomic E-state index is -4.64. The van der Waals surface area contributed by atoms with Crippen LogP contribution in [0.15, 0.2) is 53.7 Å². The lowest BCUT2D eigenvalue weighted by molar-refractivity contribution is -0.189. The molecule has 1 aliphatic carbocycles. The van der Waals surface area contributed by atoms with E-state index in [1.54, 1.807) is 4.90 Å². The van der Waals surface area contributed by atoms with Gasteiger partial charge in [-0.25, -0.2) is 13.4 Å². The molecular weight excluding hydrogens is 471 g/mol. The Hall–Kier alpha value is -3.08. The lowest BCUT2D eigenvalue weighted by Crippen LogP contribution is -2.35. The summed E-state index contributed by atoms with van der Waals surface area (Å²) in [4.78, 5) is 19.5. The van der Waals surface area contributed by atoms with Gasteiger partial charge in [-0.1, -0.05) is 6.07 Å². The number of carbonyl (C=O) groups excluding carboxylic acids is 1. The van der Waals surface area contributed by atoms with Crippen molar-refractivity contribution in [1.82, 2.24) is 14.3 Å². The van der Waals surface area contributed by atoms with Gasteiger partial charge in [-0.15, -0.1) is 0 Å². The molecule has 1 amide bonds. The maximum atomic E-state index is 13.4. The fraction of sp³-hybridized carbons (Fsp3) is 0.391. The van der Waals surface area contributed by atoms with Crippen LogP contribution < -0.4 is 4.74 Å². The Morgan fingerprint density at radius 1 is 1.26 bits per heavy atom. The summed E-state index contributed by atoms with van der Waals surface area (Å²) in [5, 5.41) is 0. The van der Waals surface area contributed by atoms with Gasteiger partial charge in [0, 0.05) is 37.2 Å². The molecule has 3 aromatic rings. The molecular formula is C23H22F3N3O4S. The number of amides is 1. The molecule has 2 aromatic heterocycles. The van der Waals surface area contributed by atoms with Gasteiger partial charge in [0.2, 0.25) is 0 Å². The summed E-state index contributed by atoms with van der Waals surface area (Å²) in [7, 11) is -3.69. The number of likely N-dealkylation sites (tertiary alicyclic amines) is 1. The van der Waals surface area contributed by atoms with Gasteiger partial charge in [0.1, 0.15) is 11.4 Å². The number of aromatic nitrogens is 2. The van der Waals surface area contributed by atoms with Gasteiger partial charge in [-0.3, -0.25) is 4.79 Å². The number of halogens is 3. The van der Waals surface area contributed by atoms with Gasteiger partial charge >= 0.3 is 6.18 Å². The average molecular weight is 494 g/mol. The molecule has 0 bridgehead atoms. The molecule has 2 aliphatic rings. The van der Waals surface area contributed by atoms with Crippen molar-refractivity contribution in [3.05, 3.63) is 60.0 Å². The maximum Gasteiger partial charge on any atom is 0.425 e. The van der Waals surface area contributed by atoms with E-state index in [4.69, 9.17) is 9.72 Å². The van der Waals surface area contributed by atoms with E-state index in [1.807, 2.05) is 35.0 Å². The number of rotatable bonds is 5. The standard InChI is InChI=1S/C23H22F3N3O4S/c1-14(23(24,25)26)33-18-7-6-16(34(2,31)32)9-17(18)21(30)29-11-15-10-22(15,13-29)19-12-28-8-4-3-5-20(28)27-19/h3-9,12,14-15H,10-11,13H2,1-2H3/t14-,15?,22?/m0/s1. The fourth-order valence-electron chi connectivity index (χ4n) is 4.65. The Morgan fingerprint density at radius 2 is 2.03 bits per heavy atom. The summed E-state index contributed by atoms with van der Waals surface area (Å²) < 4.78 is 70.3. The number of fused-ring (bicyclic) bond motifs is 2. The van der Waals surface area contributed by atoms with Crippen LogP contribution in [-0.4, -0.2) is 60.2 Å². The minimum Gasteiger partial charge on any atom is -0.480 e. The van der Waals surface area contributed by atoms with Crippen molar-refractivity contribution in [3.8, 4) is 5.75 Å². The van der Waals surface area contributed by atoms with Crippen LogP contribution in [0.25, 0.3) is 5.65 Å². The Morgan fingerprint density at radius 3 is 2.71 bits per heavy atom. The molecule has 1 aromatic carbocycles. The van der Waals surface area contributed by atoms with E-state index in [0.717, 1.165) is 49.1 Å². The Labute approximate surface area is 194 Å². The number of imidazole rings is 1. The van der Waals surface area contributed by atoms with Crippen LogP contribution in [0.1, 0.15) is 29.4 Å². The fourth-order valence-corrected chi connectivity index (χ4v) is 5.29. The van der Waals surface area contributed by atoms with Gasteiger partial charge in [-0.2, -0.15) is 13.2 Å². The van der Waals surface area contributed by atoms with Crippen LogP contribution in [0.4, 0.5) is 13.2 Å². The van der Waals surface area contributed by atoms with Gasteiger partial charge in [0.05, 0.1) is 16.2 Å². The lowest BCUT2D eigenvalue weighted by atomic mass is 10.0. The highest BCUT2D eigenvalue weighted by atomic mass is 32.2. The molecule has 3 atom stereocenters. The predicted molar refractivity (Wildman–Crippen MR) is 117 cm³/mol. The molecule has 180 valence electrons. The largest absolute Gasteiger partial charge is 0.480 e. The second-order valence-corrected chi connectivity index (χ2v) is 11.1. The van der Waals surface area contributed by atoms with E-state index in [-0.39, 0.29) is 27.5 Å². The van der Waals surface area contributed by atoms with Crippen LogP contribution in [0.5, 0.6) is 5.75 Å². The van der Waals surface area contributed by atoms with Crippen molar-refractivity contribution < 1.29 is 31.1 Å². The molecule has 1 saturated carbocycles. The van der Waals surface area contributed by atoms with Crippen molar-refractivity contribution in [3.63, 3.8) is 0 Å². The van der Waals surface area contributed by atoms with Crippen molar-refractivity contribution >= 4 is 21.4 Å². The summed E-state index contributed by atoms with van der Waals surface area (Å²) in [6.45, 7) is 1.59. The van der Waals surface area contributed by atoms with Crippen molar-refractivity contribution in [2.75, 3.05) is 19.3 Å². The number of benzene rings is 1. The highest BCUT2D eigenvalue weighted by Gasteiger charge is 2.63. The zero-order chi connectivity index (χ0) is 24.5.